The second-order valence-corrected chi connectivity index (χ2v) is 5.39. The first-order valence-electron chi connectivity index (χ1n) is 7.11. The fourth-order valence-electron chi connectivity index (χ4n) is 2.98. The molecule has 5 heteroatoms. The Bertz CT molecular complexity index is 490. The van der Waals surface area contributed by atoms with Crippen LogP contribution in [0, 0.1) is 0 Å². The molecule has 20 heavy (non-hydrogen) atoms. The van der Waals surface area contributed by atoms with E-state index in [9.17, 15) is 9.90 Å². The van der Waals surface area contributed by atoms with Gasteiger partial charge in [0, 0.05) is 25.3 Å². The number of nitrogens with zero attached hydrogens (tertiary/aromatic N) is 2. The van der Waals surface area contributed by atoms with Gasteiger partial charge >= 0.3 is 5.97 Å². The van der Waals surface area contributed by atoms with Crippen molar-refractivity contribution in [3.05, 3.63) is 23.8 Å². The molecule has 110 valence electrons. The third-order valence-electron chi connectivity index (χ3n) is 4.05. The van der Waals surface area contributed by atoms with E-state index < -0.39 is 5.97 Å². The maximum atomic E-state index is 11.3. The van der Waals surface area contributed by atoms with Crippen LogP contribution in [-0.2, 0) is 0 Å². The van der Waals surface area contributed by atoms with Crippen molar-refractivity contribution in [3.63, 3.8) is 0 Å². The van der Waals surface area contributed by atoms with Crippen LogP contribution in [0.25, 0.3) is 0 Å². The van der Waals surface area contributed by atoms with Crippen LogP contribution in [0.4, 0.5) is 11.4 Å². The van der Waals surface area contributed by atoms with Crippen molar-refractivity contribution < 1.29 is 9.90 Å². The van der Waals surface area contributed by atoms with Crippen LogP contribution >= 0.6 is 0 Å². The molecule has 1 aliphatic heterocycles. The number of rotatable bonds is 5. The van der Waals surface area contributed by atoms with Gasteiger partial charge in [0.15, 0.2) is 0 Å². The minimum atomic E-state index is -0.911. The van der Waals surface area contributed by atoms with E-state index in [1.165, 1.54) is 12.8 Å². The van der Waals surface area contributed by atoms with Crippen LogP contribution in [0.15, 0.2) is 18.2 Å². The smallest absolute Gasteiger partial charge is 0.337 e. The molecule has 1 atom stereocenters. The summed E-state index contributed by atoms with van der Waals surface area (Å²) in [6.45, 7) is 5.18. The predicted molar refractivity (Wildman–Crippen MR) is 81.4 cm³/mol. The van der Waals surface area contributed by atoms with E-state index in [0.29, 0.717) is 23.0 Å². The molecule has 0 bridgehead atoms. The van der Waals surface area contributed by atoms with Crippen LogP contribution in [0.3, 0.4) is 0 Å². The van der Waals surface area contributed by atoms with Gasteiger partial charge in [-0.15, -0.1) is 0 Å². The zero-order chi connectivity index (χ0) is 14.7. The summed E-state index contributed by atoms with van der Waals surface area (Å²) < 4.78 is 0. The van der Waals surface area contributed by atoms with Gasteiger partial charge < -0.3 is 15.7 Å². The zero-order valence-corrected chi connectivity index (χ0v) is 12.2. The molecule has 1 aliphatic rings. The van der Waals surface area contributed by atoms with Gasteiger partial charge in [-0.3, -0.25) is 4.90 Å². The molecule has 0 amide bonds. The first kappa shape index (κ1) is 14.7. The molecule has 1 fully saturated rings. The molecule has 2 rings (SSSR count). The standard InChI is InChI=1S/C15H23N3O2/c1-3-18-8-4-5-12(18)10-17(2)14-9-11(16)6-7-13(14)15(19)20/h6-7,9,12H,3-5,8,10,16H2,1-2H3,(H,19,20). The molecule has 0 aromatic heterocycles. The summed E-state index contributed by atoms with van der Waals surface area (Å²) in [5.74, 6) is -0.911. The van der Waals surface area contributed by atoms with Crippen molar-refractivity contribution >= 4 is 17.3 Å². The highest BCUT2D eigenvalue weighted by Crippen LogP contribution is 2.25. The van der Waals surface area contributed by atoms with Crippen molar-refractivity contribution in [2.75, 3.05) is 37.3 Å². The molecule has 1 aromatic carbocycles. The average molecular weight is 277 g/mol. The van der Waals surface area contributed by atoms with E-state index in [1.54, 1.807) is 18.2 Å². The van der Waals surface area contributed by atoms with E-state index in [4.69, 9.17) is 5.73 Å². The maximum Gasteiger partial charge on any atom is 0.337 e. The maximum absolute atomic E-state index is 11.3. The molecule has 3 N–H and O–H groups in total. The van der Waals surface area contributed by atoms with E-state index in [1.807, 2.05) is 11.9 Å². The number of likely N-dealkylation sites (N-methyl/N-ethyl adjacent to an activating group) is 2. The fraction of sp³-hybridized carbons (Fsp3) is 0.533. The highest BCUT2D eigenvalue weighted by molar-refractivity contribution is 5.95. The molecule has 1 aromatic rings. The van der Waals surface area contributed by atoms with Gasteiger partial charge in [-0.25, -0.2) is 4.79 Å². The molecule has 0 saturated carbocycles. The lowest BCUT2D eigenvalue weighted by atomic mass is 10.1. The number of carbonyl (C=O) groups is 1. The first-order chi connectivity index (χ1) is 9.52. The third kappa shape index (κ3) is 3.04. The van der Waals surface area contributed by atoms with Gasteiger partial charge in [0.1, 0.15) is 0 Å². The summed E-state index contributed by atoms with van der Waals surface area (Å²) in [5, 5.41) is 9.29. The lowest BCUT2D eigenvalue weighted by Gasteiger charge is -2.29. The lowest BCUT2D eigenvalue weighted by molar-refractivity contribution is 0.0697. The second-order valence-electron chi connectivity index (χ2n) is 5.39. The van der Waals surface area contributed by atoms with Gasteiger partial charge in [0.25, 0.3) is 0 Å². The van der Waals surface area contributed by atoms with Gasteiger partial charge in [-0.05, 0) is 44.1 Å². The summed E-state index contributed by atoms with van der Waals surface area (Å²) in [7, 11) is 1.94. The Hall–Kier alpha value is -1.75. The van der Waals surface area contributed by atoms with Crippen molar-refractivity contribution in [2.45, 2.75) is 25.8 Å². The highest BCUT2D eigenvalue weighted by atomic mass is 16.4. The topological polar surface area (TPSA) is 69.8 Å². The van der Waals surface area contributed by atoms with E-state index in [0.717, 1.165) is 19.6 Å². The molecule has 0 spiro atoms. The summed E-state index contributed by atoms with van der Waals surface area (Å²) in [6.07, 6.45) is 2.39. The second kappa shape index (κ2) is 6.13. The first-order valence-corrected chi connectivity index (χ1v) is 7.11. The fourth-order valence-corrected chi connectivity index (χ4v) is 2.98. The number of anilines is 2. The summed E-state index contributed by atoms with van der Waals surface area (Å²) >= 11 is 0. The van der Waals surface area contributed by atoms with Crippen LogP contribution in [-0.4, -0.2) is 48.7 Å². The number of aromatic carboxylic acids is 1. The van der Waals surface area contributed by atoms with E-state index in [2.05, 4.69) is 11.8 Å². The number of nitrogens with two attached hydrogens (primary N) is 1. The molecule has 1 heterocycles. The highest BCUT2D eigenvalue weighted by Gasteiger charge is 2.25. The molecule has 1 saturated heterocycles. The number of carboxylic acid groups (broad SMARTS) is 1. The number of hydrogen-bond donors (Lipinski definition) is 2. The molecule has 1 unspecified atom stereocenters. The zero-order valence-electron chi connectivity index (χ0n) is 12.2. The number of carboxylic acids is 1. The lowest BCUT2D eigenvalue weighted by Crippen LogP contribution is -2.39. The number of likely N-dealkylation sites (tertiary alicyclic amines) is 1. The van der Waals surface area contributed by atoms with Crippen LogP contribution < -0.4 is 10.6 Å². The van der Waals surface area contributed by atoms with Gasteiger partial charge in [0.05, 0.1) is 11.3 Å². The van der Waals surface area contributed by atoms with Crippen molar-refractivity contribution in [1.82, 2.24) is 4.90 Å². The predicted octanol–water partition coefficient (Wildman–Crippen LogP) is 1.89. The SMILES string of the molecule is CCN1CCCC1CN(C)c1cc(N)ccc1C(=O)O. The molecular formula is C15H23N3O2. The Morgan fingerprint density at radius 1 is 1.55 bits per heavy atom. The summed E-state index contributed by atoms with van der Waals surface area (Å²) in [6, 6.07) is 5.45. The molecule has 0 radical (unpaired) electrons. The van der Waals surface area contributed by atoms with Crippen LogP contribution in [0.2, 0.25) is 0 Å². The van der Waals surface area contributed by atoms with E-state index >= 15 is 0 Å². The van der Waals surface area contributed by atoms with Crippen molar-refractivity contribution in [1.29, 1.82) is 0 Å². The molecule has 0 aliphatic carbocycles. The van der Waals surface area contributed by atoms with Crippen molar-refractivity contribution in [3.8, 4) is 0 Å². The van der Waals surface area contributed by atoms with Crippen LogP contribution in [0.5, 0.6) is 0 Å². The van der Waals surface area contributed by atoms with Crippen molar-refractivity contribution in [2.24, 2.45) is 0 Å². The largest absolute Gasteiger partial charge is 0.478 e. The minimum absolute atomic E-state index is 0.308. The third-order valence-corrected chi connectivity index (χ3v) is 4.05. The Morgan fingerprint density at radius 2 is 2.30 bits per heavy atom. The number of hydrogen-bond acceptors (Lipinski definition) is 4. The molecule has 5 nitrogen and oxygen atoms in total. The minimum Gasteiger partial charge on any atom is -0.478 e. The Morgan fingerprint density at radius 3 is 2.95 bits per heavy atom. The van der Waals surface area contributed by atoms with Gasteiger partial charge in [-0.2, -0.15) is 0 Å². The molecular weight excluding hydrogens is 254 g/mol. The average Bonchev–Trinajstić information content (AvgIpc) is 2.85. The summed E-state index contributed by atoms with van der Waals surface area (Å²) in [4.78, 5) is 15.8. The van der Waals surface area contributed by atoms with E-state index in [-0.39, 0.29) is 0 Å². The Balaban J connectivity index is 2.18. The number of benzene rings is 1. The summed E-state index contributed by atoms with van der Waals surface area (Å²) in [5.41, 5.74) is 7.39. The monoisotopic (exact) mass is 277 g/mol. The van der Waals surface area contributed by atoms with Gasteiger partial charge in [-0.1, -0.05) is 6.92 Å². The van der Waals surface area contributed by atoms with Gasteiger partial charge in [0.2, 0.25) is 0 Å². The van der Waals surface area contributed by atoms with Crippen LogP contribution in [0.1, 0.15) is 30.1 Å². The number of nitrogen functional groups attached to an aromatic ring is 1. The quantitative estimate of drug-likeness (QED) is 0.804. The normalized spacial score (nSPS) is 19.2. The Kier molecular flexibility index (Phi) is 4.49. The Labute approximate surface area is 120 Å².